The van der Waals surface area contributed by atoms with Gasteiger partial charge in [-0.3, -0.25) is 19.7 Å². The Kier molecular flexibility index (Phi) is 7.53. The molecule has 8 nitrogen and oxygen atoms in total. The molecule has 0 saturated carbocycles. The summed E-state index contributed by atoms with van der Waals surface area (Å²) in [5, 5.41) is 18.2. The number of nitriles is 1. The van der Waals surface area contributed by atoms with Gasteiger partial charge in [0.25, 0.3) is 0 Å². The van der Waals surface area contributed by atoms with Gasteiger partial charge in [0.15, 0.2) is 5.78 Å². The Hall–Kier alpha value is -4.35. The van der Waals surface area contributed by atoms with Crippen molar-refractivity contribution in [3.8, 4) is 11.8 Å². The van der Waals surface area contributed by atoms with E-state index in [1.807, 2.05) is 73.9 Å². The highest BCUT2D eigenvalue weighted by Gasteiger charge is 2.35. The summed E-state index contributed by atoms with van der Waals surface area (Å²) in [6.45, 7) is 8.91. The summed E-state index contributed by atoms with van der Waals surface area (Å²) in [4.78, 5) is 24.1. The minimum atomic E-state index is -0.0949. The number of carbonyl (C=O) groups excluding carboxylic acids is 1. The maximum Gasteiger partial charge on any atom is 0.167 e. The molecule has 1 aliphatic rings. The largest absolute Gasteiger partial charge is 0.383 e. The third-order valence-corrected chi connectivity index (χ3v) is 7.09. The van der Waals surface area contributed by atoms with Gasteiger partial charge in [-0.15, -0.1) is 0 Å². The van der Waals surface area contributed by atoms with Gasteiger partial charge in [-0.05, 0) is 61.2 Å². The Morgan fingerprint density at radius 3 is 2.33 bits per heavy atom. The Morgan fingerprint density at radius 2 is 1.72 bits per heavy atom. The van der Waals surface area contributed by atoms with Crippen molar-refractivity contribution in [2.45, 2.75) is 46.7 Å². The third-order valence-electron chi connectivity index (χ3n) is 7.09. The van der Waals surface area contributed by atoms with Crippen LogP contribution in [0.4, 0.5) is 5.69 Å². The minimum Gasteiger partial charge on any atom is -0.383 e. The van der Waals surface area contributed by atoms with Crippen LogP contribution in [-0.4, -0.2) is 43.5 Å². The predicted molar refractivity (Wildman–Crippen MR) is 151 cm³/mol. The van der Waals surface area contributed by atoms with E-state index in [2.05, 4.69) is 40.1 Å². The second kappa shape index (κ2) is 11.2. The molecule has 0 bridgehead atoms. The molecule has 3 aromatic heterocycles. The first kappa shape index (κ1) is 26.3. The van der Waals surface area contributed by atoms with Gasteiger partial charge >= 0.3 is 0 Å². The highest BCUT2D eigenvalue weighted by Crippen LogP contribution is 2.36. The smallest absolute Gasteiger partial charge is 0.167 e. The lowest BCUT2D eigenvalue weighted by atomic mass is 9.76. The van der Waals surface area contributed by atoms with E-state index in [9.17, 15) is 10.1 Å². The third kappa shape index (κ3) is 6.05. The molecule has 0 radical (unpaired) electrons. The molecule has 8 heteroatoms. The summed E-state index contributed by atoms with van der Waals surface area (Å²) >= 11 is 0. The molecule has 3 heterocycles. The fraction of sp³-hybridized carbons (Fsp3) is 0.323. The number of hydrogen-bond acceptors (Lipinski definition) is 7. The molecule has 0 fully saturated rings. The maximum atomic E-state index is 12.8. The number of aromatic nitrogens is 4. The molecule has 0 saturated heterocycles. The van der Waals surface area contributed by atoms with Crippen LogP contribution in [0, 0.1) is 23.7 Å². The molecule has 4 aromatic rings. The molecular formula is C31H33N7O. The molecular weight excluding hydrogens is 486 g/mol. The van der Waals surface area contributed by atoms with E-state index in [0.717, 1.165) is 52.7 Å². The number of rotatable bonds is 9. The number of nitrogens with one attached hydrogen (secondary N) is 1. The summed E-state index contributed by atoms with van der Waals surface area (Å²) in [5.41, 5.74) is 6.38. The highest BCUT2D eigenvalue weighted by atomic mass is 16.1. The Bertz CT molecular complexity index is 1460. The number of nitrogens with zero attached hydrogens (tertiary/aromatic N) is 6. The van der Waals surface area contributed by atoms with Gasteiger partial charge in [-0.1, -0.05) is 26.0 Å². The number of Topliss-reactive ketones (excluding diaryl/α,β-unsaturated/α-hetero) is 1. The van der Waals surface area contributed by atoms with Gasteiger partial charge in [0, 0.05) is 45.0 Å². The zero-order chi connectivity index (χ0) is 27.4. The number of fused-ring (bicyclic) bond motifs is 1. The van der Waals surface area contributed by atoms with Gasteiger partial charge in [-0.25, -0.2) is 4.68 Å². The van der Waals surface area contributed by atoms with Gasteiger partial charge in [0.1, 0.15) is 6.07 Å². The topological polar surface area (TPSA) is 99.7 Å². The van der Waals surface area contributed by atoms with Gasteiger partial charge in [0.2, 0.25) is 0 Å². The number of ketones is 1. The lowest BCUT2D eigenvalue weighted by Crippen LogP contribution is -2.29. The molecule has 1 aliphatic carbocycles. The zero-order valence-corrected chi connectivity index (χ0v) is 22.7. The van der Waals surface area contributed by atoms with E-state index < -0.39 is 0 Å². The van der Waals surface area contributed by atoms with Crippen LogP contribution in [-0.2, 0) is 19.5 Å². The van der Waals surface area contributed by atoms with Crippen molar-refractivity contribution in [3.05, 3.63) is 101 Å². The van der Waals surface area contributed by atoms with E-state index in [1.54, 1.807) is 4.68 Å². The van der Waals surface area contributed by atoms with Crippen molar-refractivity contribution in [2.24, 2.45) is 5.41 Å². The second-order valence-electron chi connectivity index (χ2n) is 10.9. The second-order valence-corrected chi connectivity index (χ2v) is 10.9. The van der Waals surface area contributed by atoms with E-state index in [1.165, 1.54) is 0 Å². The molecule has 39 heavy (non-hydrogen) atoms. The molecule has 0 amide bonds. The van der Waals surface area contributed by atoms with Crippen molar-refractivity contribution >= 4 is 11.5 Å². The van der Waals surface area contributed by atoms with Crippen LogP contribution in [0.5, 0.6) is 0 Å². The van der Waals surface area contributed by atoms with Crippen molar-refractivity contribution in [2.75, 3.05) is 18.4 Å². The molecule has 1 aromatic carbocycles. The van der Waals surface area contributed by atoms with Crippen LogP contribution in [0.3, 0.4) is 0 Å². The van der Waals surface area contributed by atoms with Crippen molar-refractivity contribution in [1.82, 2.24) is 24.6 Å². The summed E-state index contributed by atoms with van der Waals surface area (Å²) in [7, 11) is 0. The first-order valence-electron chi connectivity index (χ1n) is 13.3. The van der Waals surface area contributed by atoms with Crippen LogP contribution >= 0.6 is 0 Å². The fourth-order valence-electron chi connectivity index (χ4n) is 5.25. The Labute approximate surface area is 229 Å². The highest BCUT2D eigenvalue weighted by molar-refractivity contribution is 5.99. The first-order chi connectivity index (χ1) is 18.8. The predicted octanol–water partition coefficient (Wildman–Crippen LogP) is 5.11. The average Bonchev–Trinajstić information content (AvgIpc) is 3.25. The molecule has 0 spiro atoms. The molecule has 1 N–H and O–H groups in total. The Morgan fingerprint density at radius 1 is 1.03 bits per heavy atom. The minimum absolute atomic E-state index is 0.0949. The monoisotopic (exact) mass is 519 g/mol. The van der Waals surface area contributed by atoms with Crippen LogP contribution in [0.1, 0.15) is 59.0 Å². The quantitative estimate of drug-likeness (QED) is 0.328. The molecule has 5 rings (SSSR count). The van der Waals surface area contributed by atoms with Crippen LogP contribution in [0.15, 0.2) is 67.0 Å². The average molecular weight is 520 g/mol. The van der Waals surface area contributed by atoms with E-state index in [0.29, 0.717) is 31.6 Å². The van der Waals surface area contributed by atoms with E-state index >= 15 is 0 Å². The Balaban J connectivity index is 1.31. The first-order valence-corrected chi connectivity index (χ1v) is 13.3. The van der Waals surface area contributed by atoms with Crippen LogP contribution in [0.25, 0.3) is 5.69 Å². The van der Waals surface area contributed by atoms with E-state index in [-0.39, 0.29) is 11.2 Å². The summed E-state index contributed by atoms with van der Waals surface area (Å²) < 4.78 is 1.80. The molecule has 0 aliphatic heterocycles. The van der Waals surface area contributed by atoms with Crippen LogP contribution < -0.4 is 5.32 Å². The fourth-order valence-corrected chi connectivity index (χ4v) is 5.25. The lowest BCUT2D eigenvalue weighted by molar-refractivity contribution is 0.0911. The normalized spacial score (nSPS) is 14.2. The summed E-state index contributed by atoms with van der Waals surface area (Å²) in [6, 6.07) is 19.9. The molecule has 0 unspecified atom stereocenters. The number of benzene rings is 1. The SMILES string of the molecule is Cc1c2c(nn1-c1ccc(NCCN(Cc3ccccn3)Cc3ccccn3)c(C#N)c1)CC(C)(C)CC2=O. The number of carbonyl (C=O) groups is 1. The number of anilines is 1. The standard InChI is InChI=1S/C31H33N7O/c1-22-30-28(17-31(2,3)18-29(30)39)36-38(22)26-10-11-27(23(16-26)19-32)35-14-15-37(20-24-8-4-6-12-33-24)21-25-9-5-7-13-34-25/h4-13,16,35H,14-15,17-18,20-21H2,1-3H3. The zero-order valence-electron chi connectivity index (χ0n) is 22.7. The van der Waals surface area contributed by atoms with Crippen molar-refractivity contribution < 1.29 is 4.79 Å². The lowest BCUT2D eigenvalue weighted by Gasteiger charge is -2.27. The van der Waals surface area contributed by atoms with Crippen molar-refractivity contribution in [3.63, 3.8) is 0 Å². The van der Waals surface area contributed by atoms with Crippen LogP contribution in [0.2, 0.25) is 0 Å². The van der Waals surface area contributed by atoms with Gasteiger partial charge < -0.3 is 5.32 Å². The summed E-state index contributed by atoms with van der Waals surface area (Å²) in [5.74, 6) is 0.143. The van der Waals surface area contributed by atoms with E-state index in [4.69, 9.17) is 5.10 Å². The van der Waals surface area contributed by atoms with Gasteiger partial charge in [-0.2, -0.15) is 10.4 Å². The maximum absolute atomic E-state index is 12.8. The molecule has 0 atom stereocenters. The number of hydrogen-bond donors (Lipinski definition) is 1. The number of pyridine rings is 2. The van der Waals surface area contributed by atoms with Gasteiger partial charge in [0.05, 0.1) is 45.3 Å². The summed E-state index contributed by atoms with van der Waals surface area (Å²) in [6.07, 6.45) is 4.90. The van der Waals surface area contributed by atoms with Crippen molar-refractivity contribution in [1.29, 1.82) is 5.26 Å². The molecule has 198 valence electrons.